The molecule has 1 heterocycles. The van der Waals surface area contributed by atoms with Gasteiger partial charge in [-0.3, -0.25) is 0 Å². The Morgan fingerprint density at radius 2 is 0.982 bits per heavy atom. The molecule has 0 saturated carbocycles. The minimum Gasteiger partial charge on any atom is -0.456 e. The normalized spacial score (nSPS) is 13.6. The van der Waals surface area contributed by atoms with E-state index in [0.717, 1.165) is 57.3 Å². The van der Waals surface area contributed by atoms with Gasteiger partial charge < -0.3 is 9.32 Å². The Morgan fingerprint density at radius 3 is 1.79 bits per heavy atom. The second-order valence-electron chi connectivity index (χ2n) is 15.7. The van der Waals surface area contributed by atoms with Gasteiger partial charge in [0.25, 0.3) is 0 Å². The summed E-state index contributed by atoms with van der Waals surface area (Å²) in [4.78, 5) is 2.47. The SMILES string of the molecule is c1ccc2c(c1)CC1(C2)c2ccccc2-c2c(N(c3ccc(-c4ccc5c(c4)oc4ccccc45)cc3)c3ccc(-c4cccc5ccccc45)cc3)cccc21. The highest BCUT2D eigenvalue weighted by molar-refractivity contribution is 6.06. The van der Waals surface area contributed by atoms with Crippen LogP contribution in [0, 0.1) is 0 Å². The van der Waals surface area contributed by atoms with Crippen molar-refractivity contribution >= 4 is 49.8 Å². The van der Waals surface area contributed by atoms with Gasteiger partial charge in [0, 0.05) is 33.1 Å². The van der Waals surface area contributed by atoms with Gasteiger partial charge in [-0.05, 0) is 122 Å². The molecule has 1 aromatic heterocycles. The molecule has 12 rings (SSSR count). The van der Waals surface area contributed by atoms with Crippen LogP contribution in [0.1, 0.15) is 22.3 Å². The lowest BCUT2D eigenvalue weighted by molar-refractivity contribution is 0.563. The molecule has 0 unspecified atom stereocenters. The van der Waals surface area contributed by atoms with Crippen LogP contribution >= 0.6 is 0 Å². The maximum absolute atomic E-state index is 6.28. The fourth-order valence-corrected chi connectivity index (χ4v) is 10.1. The Kier molecular flexibility index (Phi) is 7.00. The van der Waals surface area contributed by atoms with Crippen LogP contribution in [0.2, 0.25) is 0 Å². The number of anilines is 3. The molecule has 0 radical (unpaired) electrons. The van der Waals surface area contributed by atoms with Crippen molar-refractivity contribution in [2.24, 2.45) is 0 Å². The van der Waals surface area contributed by atoms with Crippen molar-refractivity contribution in [3.8, 4) is 33.4 Å². The number of nitrogens with zero attached hydrogens (tertiary/aromatic N) is 1. The first-order valence-electron chi connectivity index (χ1n) is 19.9. The molecule has 57 heavy (non-hydrogen) atoms. The average Bonchev–Trinajstić information content (AvgIpc) is 3.94. The first-order valence-corrected chi connectivity index (χ1v) is 19.9. The molecule has 9 aromatic carbocycles. The maximum Gasteiger partial charge on any atom is 0.136 e. The topological polar surface area (TPSA) is 16.4 Å². The van der Waals surface area contributed by atoms with E-state index in [1.54, 1.807) is 0 Å². The van der Waals surface area contributed by atoms with E-state index in [1.807, 2.05) is 12.1 Å². The van der Waals surface area contributed by atoms with E-state index in [1.165, 1.54) is 61.0 Å². The number of hydrogen-bond acceptors (Lipinski definition) is 2. The summed E-state index contributed by atoms with van der Waals surface area (Å²) in [5, 5.41) is 4.81. The number of fused-ring (bicyclic) bond motifs is 10. The van der Waals surface area contributed by atoms with Gasteiger partial charge in [-0.1, -0.05) is 152 Å². The van der Waals surface area contributed by atoms with E-state index in [0.29, 0.717) is 0 Å². The van der Waals surface area contributed by atoms with Crippen molar-refractivity contribution in [1.29, 1.82) is 0 Å². The van der Waals surface area contributed by atoms with Crippen LogP contribution in [-0.2, 0) is 18.3 Å². The average molecular weight is 728 g/mol. The van der Waals surface area contributed by atoms with Gasteiger partial charge in [0.15, 0.2) is 0 Å². The zero-order valence-corrected chi connectivity index (χ0v) is 31.3. The summed E-state index contributed by atoms with van der Waals surface area (Å²) < 4.78 is 6.28. The van der Waals surface area contributed by atoms with Crippen molar-refractivity contribution in [3.05, 3.63) is 222 Å². The predicted octanol–water partition coefficient (Wildman–Crippen LogP) is 14.6. The Balaban J connectivity index is 1.01. The van der Waals surface area contributed by atoms with Gasteiger partial charge in [-0.25, -0.2) is 0 Å². The van der Waals surface area contributed by atoms with E-state index >= 15 is 0 Å². The van der Waals surface area contributed by atoms with Gasteiger partial charge in [-0.15, -0.1) is 0 Å². The minimum atomic E-state index is -0.0886. The summed E-state index contributed by atoms with van der Waals surface area (Å²) in [6.07, 6.45) is 2.03. The molecule has 0 fully saturated rings. The molecule has 2 heteroatoms. The molecule has 0 atom stereocenters. The predicted molar refractivity (Wildman–Crippen MR) is 237 cm³/mol. The summed E-state index contributed by atoms with van der Waals surface area (Å²) in [6, 6.07) is 73.5. The summed E-state index contributed by atoms with van der Waals surface area (Å²) in [5.41, 5.74) is 18.4. The van der Waals surface area contributed by atoms with Crippen molar-refractivity contribution in [2.75, 3.05) is 4.90 Å². The fourth-order valence-electron chi connectivity index (χ4n) is 10.1. The molecule has 0 saturated heterocycles. The molecule has 0 aliphatic heterocycles. The Bertz CT molecular complexity index is 3160. The zero-order chi connectivity index (χ0) is 37.5. The van der Waals surface area contributed by atoms with E-state index in [2.05, 4.69) is 193 Å². The molecule has 2 nitrogen and oxygen atoms in total. The fraction of sp³-hybridized carbons (Fsp3) is 0.0545. The lowest BCUT2D eigenvalue weighted by Gasteiger charge is -2.30. The van der Waals surface area contributed by atoms with Crippen molar-refractivity contribution in [1.82, 2.24) is 0 Å². The number of rotatable bonds is 5. The van der Waals surface area contributed by atoms with E-state index in [-0.39, 0.29) is 5.41 Å². The van der Waals surface area contributed by atoms with Gasteiger partial charge in [0.1, 0.15) is 11.2 Å². The minimum absolute atomic E-state index is 0.0886. The summed E-state index contributed by atoms with van der Waals surface area (Å²) >= 11 is 0. The van der Waals surface area contributed by atoms with Crippen molar-refractivity contribution in [2.45, 2.75) is 18.3 Å². The Hall–Kier alpha value is -7.16. The molecular weight excluding hydrogens is 691 g/mol. The number of benzene rings is 9. The monoisotopic (exact) mass is 727 g/mol. The molecule has 2 aliphatic carbocycles. The third-order valence-corrected chi connectivity index (χ3v) is 12.7. The first kappa shape index (κ1) is 32.1. The lowest BCUT2D eigenvalue weighted by Crippen LogP contribution is -2.25. The van der Waals surface area contributed by atoms with Crippen LogP contribution < -0.4 is 4.90 Å². The summed E-state index contributed by atoms with van der Waals surface area (Å²) in [6.45, 7) is 0. The van der Waals surface area contributed by atoms with Gasteiger partial charge in [-0.2, -0.15) is 0 Å². The quantitative estimate of drug-likeness (QED) is 0.175. The van der Waals surface area contributed by atoms with Gasteiger partial charge in [0.2, 0.25) is 0 Å². The van der Waals surface area contributed by atoms with Crippen LogP contribution in [-0.4, -0.2) is 0 Å². The molecule has 1 spiro atoms. The maximum atomic E-state index is 6.28. The first-order chi connectivity index (χ1) is 28.2. The Morgan fingerprint density at radius 1 is 0.404 bits per heavy atom. The highest BCUT2D eigenvalue weighted by atomic mass is 16.3. The highest BCUT2D eigenvalue weighted by Gasteiger charge is 2.48. The smallest absolute Gasteiger partial charge is 0.136 e. The number of furan rings is 1. The van der Waals surface area contributed by atoms with Crippen molar-refractivity contribution in [3.63, 3.8) is 0 Å². The third kappa shape index (κ3) is 4.90. The molecule has 10 aromatic rings. The molecular formula is C55H37NO. The number of hydrogen-bond donors (Lipinski definition) is 0. The molecule has 0 amide bonds. The van der Waals surface area contributed by atoms with E-state index in [9.17, 15) is 0 Å². The lowest BCUT2D eigenvalue weighted by atomic mass is 9.75. The Labute approximate surface area is 331 Å². The third-order valence-electron chi connectivity index (χ3n) is 12.7. The van der Waals surface area contributed by atoms with E-state index < -0.39 is 0 Å². The second-order valence-corrected chi connectivity index (χ2v) is 15.7. The van der Waals surface area contributed by atoms with Gasteiger partial charge >= 0.3 is 0 Å². The zero-order valence-electron chi connectivity index (χ0n) is 31.3. The van der Waals surface area contributed by atoms with Crippen LogP contribution in [0.3, 0.4) is 0 Å². The molecule has 268 valence electrons. The van der Waals surface area contributed by atoms with Crippen LogP contribution in [0.15, 0.2) is 205 Å². The molecule has 0 N–H and O–H groups in total. The largest absolute Gasteiger partial charge is 0.456 e. The van der Waals surface area contributed by atoms with Crippen LogP contribution in [0.5, 0.6) is 0 Å². The standard InChI is InChI=1S/C55H37NO/c1-2-13-41-35-55(34-40(41)12-1)49-19-7-5-17-48(49)54-50(55)20-10-21-51(54)56(43-30-25-38(26-31-43)45-18-9-14-37-11-3-4-15-44(37)45)42-28-23-36(24-29-42)39-27-32-47-46-16-6-8-22-52(46)57-53(47)33-39/h1-33H,34-35H2. The van der Waals surface area contributed by atoms with Gasteiger partial charge in [0.05, 0.1) is 5.69 Å². The summed E-state index contributed by atoms with van der Waals surface area (Å²) in [7, 11) is 0. The van der Waals surface area contributed by atoms with Crippen LogP contribution in [0.25, 0.3) is 66.1 Å². The van der Waals surface area contributed by atoms with Crippen molar-refractivity contribution < 1.29 is 4.42 Å². The number of para-hydroxylation sites is 1. The molecule has 0 bridgehead atoms. The molecule has 2 aliphatic rings. The van der Waals surface area contributed by atoms with E-state index in [4.69, 9.17) is 4.42 Å². The van der Waals surface area contributed by atoms with Crippen LogP contribution in [0.4, 0.5) is 17.1 Å². The second kappa shape index (κ2) is 12.4. The highest BCUT2D eigenvalue weighted by Crippen LogP contribution is 2.58. The summed E-state index contributed by atoms with van der Waals surface area (Å²) in [5.74, 6) is 0.